The van der Waals surface area contributed by atoms with Gasteiger partial charge in [0.1, 0.15) is 13.6 Å². The molecule has 2 rings (SSSR count). The highest BCUT2D eigenvalue weighted by Crippen LogP contribution is 2.82. The normalized spacial score (nSPS) is 24.7. The van der Waals surface area contributed by atoms with Gasteiger partial charge in [-0.3, -0.25) is 0 Å². The molecular weight excluding hydrogens is 509 g/mol. The number of methoxy groups -OCH3 is 3. The summed E-state index contributed by atoms with van der Waals surface area (Å²) in [5.41, 5.74) is 1.07. The zero-order chi connectivity index (χ0) is 22.8. The third-order valence-electron chi connectivity index (χ3n) is 3.55. The molecule has 0 aliphatic carbocycles. The molecule has 0 spiro atoms. The molecule has 0 N–H and O–H groups in total. The second-order valence-corrected chi connectivity index (χ2v) is 14.7. The highest BCUT2D eigenvalue weighted by Gasteiger charge is 2.40. The Morgan fingerprint density at radius 1 is 0.710 bits per heavy atom. The van der Waals surface area contributed by atoms with Gasteiger partial charge in [0.2, 0.25) is 0 Å². The molecule has 2 unspecified atom stereocenters. The summed E-state index contributed by atoms with van der Waals surface area (Å²) < 4.78 is 52.2. The van der Waals surface area contributed by atoms with Gasteiger partial charge in [-0.1, -0.05) is 17.6 Å². The molecule has 176 valence electrons. The van der Waals surface area contributed by atoms with E-state index in [-0.39, 0.29) is 19.8 Å². The number of hydrogen-bond donors (Lipinski definition) is 0. The molecule has 1 aromatic rings. The maximum absolute atomic E-state index is 6.79. The highest BCUT2D eigenvalue weighted by atomic mass is 35.7. The second kappa shape index (κ2) is 13.1. The van der Waals surface area contributed by atoms with E-state index in [0.29, 0.717) is 25.6 Å². The average molecular weight is 536 g/mol. The van der Waals surface area contributed by atoms with Crippen molar-refractivity contribution < 1.29 is 32.3 Å². The van der Waals surface area contributed by atoms with Crippen LogP contribution in [0.3, 0.4) is 0 Å². The fraction of sp³-hybridized carbons (Fsp3) is 0.600. The van der Waals surface area contributed by atoms with Crippen LogP contribution in [0.25, 0.3) is 0 Å². The van der Waals surface area contributed by atoms with E-state index >= 15 is 0 Å². The molecule has 16 heteroatoms. The minimum absolute atomic E-state index is 0.151. The Hall–Kier alpha value is 0.115. The summed E-state index contributed by atoms with van der Waals surface area (Å²) in [6, 6.07) is 7.32. The van der Waals surface area contributed by atoms with Gasteiger partial charge in [0.05, 0.1) is 39.6 Å². The fourth-order valence-electron chi connectivity index (χ4n) is 2.15. The Morgan fingerprint density at radius 2 is 1.23 bits per heavy atom. The lowest BCUT2D eigenvalue weighted by molar-refractivity contribution is 0.118. The van der Waals surface area contributed by atoms with Crippen LogP contribution >= 0.6 is 43.7 Å². The molecule has 0 amide bonds. The molecule has 0 radical (unpaired) electrons. The predicted octanol–water partition coefficient (Wildman–Crippen LogP) is 4.64. The van der Waals surface area contributed by atoms with Crippen LogP contribution in [-0.4, -0.2) is 68.8 Å². The standard InChI is InChI=1S/C15H27BCl2N3O7P3/c1-22-8-11-25-29(17)19-30(18,28-15-6-4-14(16)5-7-15)21-31(20-29,26-12-9-23-2)27-13-10-24-3/h4-7H,8-13,16H2,1-3H3. The molecule has 1 aromatic carbocycles. The molecule has 1 heterocycles. The van der Waals surface area contributed by atoms with Gasteiger partial charge in [0.25, 0.3) is 0 Å². The van der Waals surface area contributed by atoms with Crippen LogP contribution in [0.1, 0.15) is 0 Å². The molecule has 2 atom stereocenters. The quantitative estimate of drug-likeness (QED) is 0.194. The third-order valence-corrected chi connectivity index (χ3v) is 13.8. The van der Waals surface area contributed by atoms with Gasteiger partial charge in [-0.2, -0.15) is 9.03 Å². The molecule has 0 fully saturated rings. The lowest BCUT2D eigenvalue weighted by Crippen LogP contribution is -2.07. The summed E-state index contributed by atoms with van der Waals surface area (Å²) in [5.74, 6) is 0.482. The SMILES string of the molecule is Bc1ccc(OP2(Cl)=NP(Cl)(OCCOC)=NP(OCCOC)(OCCOC)=N2)cc1. The van der Waals surface area contributed by atoms with Crippen LogP contribution in [0.5, 0.6) is 5.75 Å². The van der Waals surface area contributed by atoms with Gasteiger partial charge >= 0.3 is 21.2 Å². The van der Waals surface area contributed by atoms with Gasteiger partial charge in [-0.05, 0) is 34.6 Å². The lowest BCUT2D eigenvalue weighted by atomic mass is 9.97. The molecule has 10 nitrogen and oxygen atoms in total. The number of halogens is 2. The van der Waals surface area contributed by atoms with Crippen LogP contribution in [-0.2, 0) is 27.8 Å². The van der Waals surface area contributed by atoms with E-state index in [0.717, 1.165) is 5.46 Å². The summed E-state index contributed by atoms with van der Waals surface area (Å²) in [7, 11) is 3.27. The van der Waals surface area contributed by atoms with Gasteiger partial charge in [-0.25, -0.2) is 0 Å². The second-order valence-electron chi connectivity index (χ2n) is 6.09. The van der Waals surface area contributed by atoms with E-state index in [9.17, 15) is 0 Å². The van der Waals surface area contributed by atoms with Crippen molar-refractivity contribution in [2.75, 3.05) is 61.0 Å². The molecule has 1 aliphatic heterocycles. The number of nitrogens with zero attached hydrogens (tertiary/aromatic N) is 3. The van der Waals surface area contributed by atoms with E-state index in [1.54, 1.807) is 33.5 Å². The number of rotatable bonds is 14. The molecule has 0 saturated carbocycles. The van der Waals surface area contributed by atoms with Crippen molar-refractivity contribution in [1.29, 1.82) is 0 Å². The van der Waals surface area contributed by atoms with Crippen molar-refractivity contribution in [2.24, 2.45) is 13.5 Å². The van der Waals surface area contributed by atoms with Crippen molar-refractivity contribution in [3.05, 3.63) is 24.3 Å². The van der Waals surface area contributed by atoms with Crippen molar-refractivity contribution in [2.45, 2.75) is 0 Å². The number of ether oxygens (including phenoxy) is 3. The smallest absolute Gasteiger partial charge is 0.353 e. The summed E-state index contributed by atoms with van der Waals surface area (Å²) >= 11 is 13.5. The average Bonchev–Trinajstić information content (AvgIpc) is 2.69. The molecule has 1 aliphatic rings. The first kappa shape index (κ1) is 27.4. The lowest BCUT2D eigenvalue weighted by Gasteiger charge is -2.29. The largest absolute Gasteiger partial charge is 0.431 e. The van der Waals surface area contributed by atoms with E-state index < -0.39 is 21.2 Å². The number of hydrogen-bond acceptors (Lipinski definition) is 10. The first-order valence-electron chi connectivity index (χ1n) is 9.25. The van der Waals surface area contributed by atoms with E-state index in [4.69, 9.17) is 54.8 Å². The minimum Gasteiger partial charge on any atom is -0.431 e. The Morgan fingerprint density at radius 3 is 1.74 bits per heavy atom. The zero-order valence-electron chi connectivity index (χ0n) is 17.8. The molecule has 31 heavy (non-hydrogen) atoms. The molecule has 0 aromatic heterocycles. The Kier molecular flexibility index (Phi) is 11.6. The Balaban J connectivity index is 2.50. The highest BCUT2D eigenvalue weighted by molar-refractivity contribution is 8.00. The van der Waals surface area contributed by atoms with Crippen LogP contribution < -0.4 is 9.99 Å². The monoisotopic (exact) mass is 535 g/mol. The van der Waals surface area contributed by atoms with E-state index in [1.165, 1.54) is 0 Å². The fourth-order valence-corrected chi connectivity index (χ4v) is 13.7. The van der Waals surface area contributed by atoms with Crippen molar-refractivity contribution in [1.82, 2.24) is 0 Å². The first-order chi connectivity index (χ1) is 14.8. The summed E-state index contributed by atoms with van der Waals surface area (Å²) in [5, 5.41) is 0. The summed E-state index contributed by atoms with van der Waals surface area (Å²) in [6.07, 6.45) is 0. The molecule has 0 bridgehead atoms. The molecule has 0 saturated heterocycles. The molecular formula is C15H27BCl2N3O7P3. The number of benzene rings is 1. The zero-order valence-corrected chi connectivity index (χ0v) is 22.0. The van der Waals surface area contributed by atoms with Crippen LogP contribution in [0.4, 0.5) is 0 Å². The first-order valence-corrected chi connectivity index (χ1v) is 15.8. The van der Waals surface area contributed by atoms with Gasteiger partial charge < -0.3 is 32.3 Å². The maximum Gasteiger partial charge on any atom is 0.353 e. The van der Waals surface area contributed by atoms with E-state index in [1.807, 2.05) is 20.0 Å². The minimum atomic E-state index is -3.39. The summed E-state index contributed by atoms with van der Waals surface area (Å²) in [6.45, 7) is -5.37. The Bertz CT molecular complexity index is 862. The van der Waals surface area contributed by atoms with Gasteiger partial charge in [0.15, 0.2) is 0 Å². The van der Waals surface area contributed by atoms with Crippen LogP contribution in [0.2, 0.25) is 0 Å². The van der Waals surface area contributed by atoms with Crippen molar-refractivity contribution in [3.8, 4) is 5.75 Å². The topological polar surface area (TPSA) is 102 Å². The van der Waals surface area contributed by atoms with Crippen LogP contribution in [0.15, 0.2) is 37.8 Å². The Labute approximate surface area is 193 Å². The van der Waals surface area contributed by atoms with Crippen LogP contribution in [0, 0.1) is 0 Å². The summed E-state index contributed by atoms with van der Waals surface area (Å²) in [4.78, 5) is 0. The predicted molar refractivity (Wildman–Crippen MR) is 128 cm³/mol. The third kappa shape index (κ3) is 9.11. The maximum atomic E-state index is 6.79. The van der Waals surface area contributed by atoms with Gasteiger partial charge in [0, 0.05) is 21.3 Å². The van der Waals surface area contributed by atoms with E-state index in [2.05, 4.69) is 13.5 Å². The van der Waals surface area contributed by atoms with Gasteiger partial charge in [-0.15, -0.1) is 4.52 Å². The van der Waals surface area contributed by atoms with Crippen molar-refractivity contribution >= 4 is 57.0 Å². The van der Waals surface area contributed by atoms with Crippen molar-refractivity contribution in [3.63, 3.8) is 0 Å².